The highest BCUT2D eigenvalue weighted by atomic mass is 16.3. The van der Waals surface area contributed by atoms with Crippen molar-refractivity contribution in [3.63, 3.8) is 0 Å². The molecule has 0 aliphatic carbocycles. The number of phenols is 1. The van der Waals surface area contributed by atoms with Crippen molar-refractivity contribution in [2.24, 2.45) is 17.6 Å². The van der Waals surface area contributed by atoms with Crippen LogP contribution in [0.25, 0.3) is 0 Å². The lowest BCUT2D eigenvalue weighted by Gasteiger charge is -2.36. The number of amides is 1. The number of rotatable bonds is 3. The minimum Gasteiger partial charge on any atom is -0.508 e. The average molecular weight is 276 g/mol. The van der Waals surface area contributed by atoms with Crippen LogP contribution < -0.4 is 5.73 Å². The van der Waals surface area contributed by atoms with Gasteiger partial charge in [0.25, 0.3) is 0 Å². The summed E-state index contributed by atoms with van der Waals surface area (Å²) < 4.78 is 0. The Bertz CT molecular complexity index is 448. The van der Waals surface area contributed by atoms with Crippen LogP contribution >= 0.6 is 0 Å². The molecule has 3 atom stereocenters. The van der Waals surface area contributed by atoms with Crippen molar-refractivity contribution in [1.29, 1.82) is 0 Å². The van der Waals surface area contributed by atoms with Crippen molar-refractivity contribution in [2.45, 2.75) is 32.7 Å². The number of hydrogen-bond acceptors (Lipinski definition) is 3. The van der Waals surface area contributed by atoms with Crippen molar-refractivity contribution in [2.75, 3.05) is 13.1 Å². The Labute approximate surface area is 120 Å². The zero-order valence-corrected chi connectivity index (χ0v) is 12.2. The predicted octanol–water partition coefficient (Wildman–Crippen LogP) is 1.77. The molecule has 1 fully saturated rings. The zero-order valence-electron chi connectivity index (χ0n) is 12.2. The summed E-state index contributed by atoms with van der Waals surface area (Å²) in [5.74, 6) is 1.36. The molecule has 0 bridgehead atoms. The molecule has 3 unspecified atom stereocenters. The van der Waals surface area contributed by atoms with E-state index in [0.717, 1.165) is 18.7 Å². The van der Waals surface area contributed by atoms with Crippen molar-refractivity contribution >= 4 is 5.91 Å². The SMILES string of the molecule is CC1CC(C)CN(C(=O)C(N)Cc2ccc(O)cc2)C1. The molecule has 0 aromatic heterocycles. The van der Waals surface area contributed by atoms with Crippen LogP contribution in [0.1, 0.15) is 25.8 Å². The van der Waals surface area contributed by atoms with E-state index >= 15 is 0 Å². The summed E-state index contributed by atoms with van der Waals surface area (Å²) in [6.45, 7) is 5.99. The summed E-state index contributed by atoms with van der Waals surface area (Å²) in [4.78, 5) is 14.3. The largest absolute Gasteiger partial charge is 0.508 e. The third kappa shape index (κ3) is 3.73. The van der Waals surface area contributed by atoms with Gasteiger partial charge in [-0.1, -0.05) is 26.0 Å². The van der Waals surface area contributed by atoms with Crippen LogP contribution in [0, 0.1) is 11.8 Å². The van der Waals surface area contributed by atoms with Crippen molar-refractivity contribution in [1.82, 2.24) is 4.90 Å². The van der Waals surface area contributed by atoms with Crippen LogP contribution in [-0.2, 0) is 11.2 Å². The molecule has 2 rings (SSSR count). The van der Waals surface area contributed by atoms with Gasteiger partial charge in [-0.25, -0.2) is 0 Å². The van der Waals surface area contributed by atoms with Gasteiger partial charge < -0.3 is 15.7 Å². The Hall–Kier alpha value is -1.55. The van der Waals surface area contributed by atoms with E-state index in [0.29, 0.717) is 18.3 Å². The average Bonchev–Trinajstić information content (AvgIpc) is 2.39. The topological polar surface area (TPSA) is 66.6 Å². The van der Waals surface area contributed by atoms with Gasteiger partial charge in [0.05, 0.1) is 6.04 Å². The first-order chi connectivity index (χ1) is 9.45. The van der Waals surface area contributed by atoms with Crippen LogP contribution in [0.5, 0.6) is 5.75 Å². The summed E-state index contributed by atoms with van der Waals surface area (Å²) in [6.07, 6.45) is 1.69. The molecule has 110 valence electrons. The van der Waals surface area contributed by atoms with E-state index in [4.69, 9.17) is 5.73 Å². The molecule has 3 N–H and O–H groups in total. The van der Waals surface area contributed by atoms with Gasteiger partial charge >= 0.3 is 0 Å². The molecule has 0 saturated carbocycles. The second-order valence-corrected chi connectivity index (χ2v) is 6.17. The van der Waals surface area contributed by atoms with E-state index in [9.17, 15) is 9.90 Å². The fourth-order valence-corrected chi connectivity index (χ4v) is 3.05. The number of hydrogen-bond donors (Lipinski definition) is 2. The number of carbonyl (C=O) groups excluding carboxylic acids is 1. The molecule has 20 heavy (non-hydrogen) atoms. The molecular formula is C16H24N2O2. The van der Waals surface area contributed by atoms with Gasteiger partial charge in [-0.3, -0.25) is 4.79 Å². The Balaban J connectivity index is 1.96. The summed E-state index contributed by atoms with van der Waals surface area (Å²) >= 11 is 0. The minimum absolute atomic E-state index is 0.0384. The number of carbonyl (C=O) groups is 1. The minimum atomic E-state index is -0.503. The first kappa shape index (κ1) is 14.9. The van der Waals surface area contributed by atoms with E-state index in [1.807, 2.05) is 17.0 Å². The van der Waals surface area contributed by atoms with Gasteiger partial charge in [0.15, 0.2) is 0 Å². The van der Waals surface area contributed by atoms with Crippen LogP contribution in [0.4, 0.5) is 0 Å². The molecule has 4 nitrogen and oxygen atoms in total. The molecule has 0 spiro atoms. The van der Waals surface area contributed by atoms with E-state index in [-0.39, 0.29) is 11.7 Å². The quantitative estimate of drug-likeness (QED) is 0.884. The van der Waals surface area contributed by atoms with E-state index in [2.05, 4.69) is 13.8 Å². The van der Waals surface area contributed by atoms with Crippen LogP contribution in [-0.4, -0.2) is 35.0 Å². The molecule has 4 heteroatoms. The number of piperidine rings is 1. The third-order valence-corrected chi connectivity index (χ3v) is 3.89. The molecular weight excluding hydrogens is 252 g/mol. The Morgan fingerprint density at radius 3 is 2.40 bits per heavy atom. The molecule has 1 heterocycles. The number of benzene rings is 1. The standard InChI is InChI=1S/C16H24N2O2/c1-11-7-12(2)10-18(9-11)16(20)15(17)8-13-3-5-14(19)6-4-13/h3-6,11-12,15,19H,7-10,17H2,1-2H3. The number of nitrogens with zero attached hydrogens (tertiary/aromatic N) is 1. The highest BCUT2D eigenvalue weighted by Gasteiger charge is 2.28. The summed E-state index contributed by atoms with van der Waals surface area (Å²) in [6, 6.07) is 6.36. The van der Waals surface area contributed by atoms with Gasteiger partial charge in [-0.05, 0) is 42.4 Å². The highest BCUT2D eigenvalue weighted by Crippen LogP contribution is 2.21. The zero-order chi connectivity index (χ0) is 14.7. The van der Waals surface area contributed by atoms with Crippen LogP contribution in [0.2, 0.25) is 0 Å². The second-order valence-electron chi connectivity index (χ2n) is 6.17. The van der Waals surface area contributed by atoms with Gasteiger partial charge in [0, 0.05) is 13.1 Å². The predicted molar refractivity (Wildman–Crippen MR) is 79.3 cm³/mol. The van der Waals surface area contributed by atoms with Gasteiger partial charge in [0.1, 0.15) is 5.75 Å². The van der Waals surface area contributed by atoms with Gasteiger partial charge in [-0.2, -0.15) is 0 Å². The van der Waals surface area contributed by atoms with Crippen molar-refractivity contribution in [3.8, 4) is 5.75 Å². The van der Waals surface area contributed by atoms with E-state index in [1.54, 1.807) is 12.1 Å². The second kappa shape index (κ2) is 6.27. The fraction of sp³-hybridized carbons (Fsp3) is 0.562. The smallest absolute Gasteiger partial charge is 0.239 e. The maximum atomic E-state index is 12.4. The van der Waals surface area contributed by atoms with Crippen molar-refractivity contribution < 1.29 is 9.90 Å². The number of aromatic hydroxyl groups is 1. The molecule has 1 saturated heterocycles. The Morgan fingerprint density at radius 2 is 1.85 bits per heavy atom. The van der Waals surface area contributed by atoms with E-state index in [1.165, 1.54) is 6.42 Å². The number of phenolic OH excluding ortho intramolecular Hbond substituents is 1. The Kier molecular flexibility index (Phi) is 4.65. The number of likely N-dealkylation sites (tertiary alicyclic amines) is 1. The molecule has 1 aliphatic heterocycles. The lowest BCUT2D eigenvalue weighted by atomic mass is 9.91. The summed E-state index contributed by atoms with van der Waals surface area (Å²) in [7, 11) is 0. The first-order valence-electron chi connectivity index (χ1n) is 7.28. The lowest BCUT2D eigenvalue weighted by Crippen LogP contribution is -2.50. The lowest BCUT2D eigenvalue weighted by molar-refractivity contribution is -0.135. The molecule has 1 aromatic rings. The maximum absolute atomic E-state index is 12.4. The summed E-state index contributed by atoms with van der Waals surface area (Å²) in [5.41, 5.74) is 7.03. The molecule has 1 amide bonds. The van der Waals surface area contributed by atoms with Crippen LogP contribution in [0.15, 0.2) is 24.3 Å². The number of nitrogens with two attached hydrogens (primary N) is 1. The van der Waals surface area contributed by atoms with Crippen molar-refractivity contribution in [3.05, 3.63) is 29.8 Å². The molecule has 0 radical (unpaired) electrons. The van der Waals surface area contributed by atoms with E-state index < -0.39 is 6.04 Å². The molecule has 1 aromatic carbocycles. The van der Waals surface area contributed by atoms with Crippen LogP contribution in [0.3, 0.4) is 0 Å². The third-order valence-electron chi connectivity index (χ3n) is 3.89. The van der Waals surface area contributed by atoms with Gasteiger partial charge in [0.2, 0.25) is 5.91 Å². The summed E-state index contributed by atoms with van der Waals surface area (Å²) in [5, 5.41) is 9.26. The van der Waals surface area contributed by atoms with Gasteiger partial charge in [-0.15, -0.1) is 0 Å². The maximum Gasteiger partial charge on any atom is 0.239 e. The highest BCUT2D eigenvalue weighted by molar-refractivity contribution is 5.82. The normalized spacial score (nSPS) is 24.4. The first-order valence-corrected chi connectivity index (χ1v) is 7.28. The Morgan fingerprint density at radius 1 is 1.30 bits per heavy atom. The molecule has 1 aliphatic rings. The monoisotopic (exact) mass is 276 g/mol. The fourth-order valence-electron chi connectivity index (χ4n) is 3.05.